The monoisotopic (exact) mass is 507 g/mol. The minimum atomic E-state index is -0.837. The van der Waals surface area contributed by atoms with Gasteiger partial charge in [-0.15, -0.1) is 0 Å². The fourth-order valence-corrected chi connectivity index (χ4v) is 6.84. The molecule has 3 amide bonds. The molecule has 1 aliphatic carbocycles. The van der Waals surface area contributed by atoms with Gasteiger partial charge < -0.3 is 16.0 Å². The molecule has 3 N–H and O–H groups in total. The summed E-state index contributed by atoms with van der Waals surface area (Å²) in [6.45, 7) is 0. The van der Waals surface area contributed by atoms with Gasteiger partial charge in [0.25, 0.3) is 0 Å². The van der Waals surface area contributed by atoms with Gasteiger partial charge >= 0.3 is 6.03 Å². The Kier molecular flexibility index (Phi) is 7.96. The maximum absolute atomic E-state index is 13.0. The normalized spacial score (nSPS) is 28.5. The third-order valence-corrected chi connectivity index (χ3v) is 8.78. The van der Waals surface area contributed by atoms with Crippen LogP contribution in [0.4, 0.5) is 4.79 Å². The van der Waals surface area contributed by atoms with Crippen molar-refractivity contribution >= 4 is 60.5 Å². The number of amides is 3. The lowest BCUT2D eigenvalue weighted by molar-refractivity contribution is -0.127. The number of benzene rings is 1. The van der Waals surface area contributed by atoms with Crippen LogP contribution in [0, 0.1) is 0 Å². The third kappa shape index (κ3) is 5.54. The molecule has 5 atom stereocenters. The zero-order chi connectivity index (χ0) is 23.5. The van der Waals surface area contributed by atoms with Crippen LogP contribution in [0.15, 0.2) is 18.2 Å². The summed E-state index contributed by atoms with van der Waals surface area (Å²) in [6.07, 6.45) is 2.85. The highest BCUT2D eigenvalue weighted by molar-refractivity contribution is 8.00. The topological polar surface area (TPSA) is 104 Å². The number of carbonyl (C=O) groups excluding carboxylic acids is 4. The van der Waals surface area contributed by atoms with Crippen LogP contribution in [0.25, 0.3) is 0 Å². The van der Waals surface area contributed by atoms with Crippen molar-refractivity contribution in [1.29, 1.82) is 0 Å². The summed E-state index contributed by atoms with van der Waals surface area (Å²) < 4.78 is 0. The predicted molar refractivity (Wildman–Crippen MR) is 135 cm³/mol. The molecule has 3 aliphatic rings. The molecule has 1 saturated carbocycles. The number of carbonyl (C=O) groups is 4. The minimum Gasteiger partial charge on any atom is -0.346 e. The quantitative estimate of drug-likeness (QED) is 0.153. The van der Waals surface area contributed by atoms with E-state index in [1.807, 2.05) is 30.0 Å². The van der Waals surface area contributed by atoms with Crippen LogP contribution in [-0.2, 0) is 25.9 Å². The van der Waals surface area contributed by atoms with Crippen molar-refractivity contribution in [2.75, 3.05) is 5.75 Å². The molecule has 0 bridgehead atoms. The van der Waals surface area contributed by atoms with Crippen molar-refractivity contribution in [3.8, 4) is 0 Å². The largest absolute Gasteiger partial charge is 0.346 e. The van der Waals surface area contributed by atoms with Crippen molar-refractivity contribution in [3.05, 3.63) is 34.9 Å². The van der Waals surface area contributed by atoms with E-state index >= 15 is 0 Å². The number of fused-ring (bicyclic) bond motifs is 1. The zero-order valence-corrected chi connectivity index (χ0v) is 20.8. The van der Waals surface area contributed by atoms with Gasteiger partial charge in [-0.05, 0) is 29.5 Å². The summed E-state index contributed by atoms with van der Waals surface area (Å²) in [5.41, 5.74) is 2.54. The van der Waals surface area contributed by atoms with Gasteiger partial charge in [0.05, 0.1) is 18.1 Å². The predicted octanol–water partition coefficient (Wildman–Crippen LogP) is 2.38. The first-order chi connectivity index (χ1) is 15.9. The number of thioether (sulfide) groups is 1. The highest BCUT2D eigenvalue weighted by Gasteiger charge is 2.43. The first-order valence-corrected chi connectivity index (χ1v) is 13.6. The Morgan fingerprint density at radius 3 is 2.48 bits per heavy atom. The van der Waals surface area contributed by atoms with E-state index in [2.05, 4.69) is 41.2 Å². The second kappa shape index (κ2) is 10.7. The van der Waals surface area contributed by atoms with Gasteiger partial charge in [-0.3, -0.25) is 14.4 Å². The number of Topliss-reactive ketones (excluding diaryl/α,β-unsaturated/α-hetero) is 2. The number of hydrogen-bond acceptors (Lipinski definition) is 7. The van der Waals surface area contributed by atoms with Crippen LogP contribution in [0.2, 0.25) is 0 Å². The lowest BCUT2D eigenvalue weighted by Gasteiger charge is -2.16. The summed E-state index contributed by atoms with van der Waals surface area (Å²) >= 11 is 10.5. The molecule has 178 valence electrons. The summed E-state index contributed by atoms with van der Waals surface area (Å²) in [6, 6.07) is 5.17. The number of hydrogen-bond donors (Lipinski definition) is 5. The molecule has 1 aromatic carbocycles. The molecule has 0 radical (unpaired) electrons. The summed E-state index contributed by atoms with van der Waals surface area (Å²) in [5, 5.41) is 9.04. The molecule has 0 aromatic heterocycles. The fourth-order valence-electron chi connectivity index (χ4n) is 4.93. The molecule has 4 rings (SSSR count). The first kappa shape index (κ1) is 24.5. The Hall–Kier alpha value is -1.65. The Balaban J connectivity index is 1.25. The SMILES string of the molecule is O=C(CCCC[C@@H]1SC[C@@H]2NC(=O)N[C@@H]21)N[C@@H]1CC(=O)[C@H](c2cc(CS)cc(CS)c2)C1=O. The third-order valence-electron chi connectivity index (χ3n) is 6.54. The van der Waals surface area contributed by atoms with Crippen molar-refractivity contribution in [1.82, 2.24) is 16.0 Å². The molecule has 2 saturated heterocycles. The maximum atomic E-state index is 13.0. The van der Waals surface area contributed by atoms with E-state index in [0.717, 1.165) is 29.7 Å². The Bertz CT molecular complexity index is 935. The lowest BCUT2D eigenvalue weighted by Crippen LogP contribution is -2.38. The summed E-state index contributed by atoms with van der Waals surface area (Å²) in [5.74, 6) is 0.492. The fraction of sp³-hybridized carbons (Fsp3) is 0.565. The molecule has 0 spiro atoms. The van der Waals surface area contributed by atoms with E-state index in [4.69, 9.17) is 0 Å². The number of rotatable bonds is 9. The van der Waals surface area contributed by atoms with E-state index in [-0.39, 0.29) is 42.0 Å². The van der Waals surface area contributed by atoms with Crippen LogP contribution >= 0.6 is 37.0 Å². The molecule has 3 fully saturated rings. The highest BCUT2D eigenvalue weighted by atomic mass is 32.2. The average Bonchev–Trinajstić information content (AvgIpc) is 3.43. The standard InChI is InChI=1S/C23H29N3O4S3/c27-17-8-15(22(29)20(17)14-6-12(9-31)5-13(7-14)10-32)24-19(28)4-2-1-3-18-21-16(11-33-18)25-23(30)26-21/h5-7,15-16,18,20-21,31-32H,1-4,8-11H2,(H,24,28)(H2,25,26,30)/t15-,16+,18+,20+,21+/m1/s1. The Morgan fingerprint density at radius 1 is 1.06 bits per heavy atom. The number of urea groups is 1. The Labute approximate surface area is 208 Å². The smallest absolute Gasteiger partial charge is 0.315 e. The second-order valence-corrected chi connectivity index (χ2v) is 10.8. The van der Waals surface area contributed by atoms with Gasteiger partial charge in [-0.2, -0.15) is 37.0 Å². The Morgan fingerprint density at radius 2 is 1.79 bits per heavy atom. The molecular formula is C23H29N3O4S3. The molecule has 33 heavy (non-hydrogen) atoms. The van der Waals surface area contributed by atoms with E-state index < -0.39 is 12.0 Å². The molecule has 0 unspecified atom stereocenters. The van der Waals surface area contributed by atoms with Gasteiger partial charge in [0.1, 0.15) is 11.7 Å². The van der Waals surface area contributed by atoms with Gasteiger partial charge in [0, 0.05) is 35.4 Å². The first-order valence-electron chi connectivity index (χ1n) is 11.3. The number of thiol groups is 2. The van der Waals surface area contributed by atoms with Crippen molar-refractivity contribution in [2.45, 2.75) is 72.9 Å². The summed E-state index contributed by atoms with van der Waals surface area (Å²) in [7, 11) is 0. The van der Waals surface area contributed by atoms with E-state index in [0.29, 0.717) is 35.2 Å². The molecule has 1 aromatic rings. The van der Waals surface area contributed by atoms with Crippen molar-refractivity contribution in [3.63, 3.8) is 0 Å². The number of unbranched alkanes of at least 4 members (excludes halogenated alkanes) is 1. The maximum Gasteiger partial charge on any atom is 0.315 e. The van der Waals surface area contributed by atoms with Crippen molar-refractivity contribution in [2.24, 2.45) is 0 Å². The average molecular weight is 508 g/mol. The van der Waals surface area contributed by atoms with Crippen LogP contribution in [-0.4, -0.2) is 52.6 Å². The second-order valence-electron chi connectivity index (χ2n) is 8.89. The zero-order valence-electron chi connectivity index (χ0n) is 18.2. The number of nitrogens with one attached hydrogen (secondary N) is 3. The van der Waals surface area contributed by atoms with E-state index in [1.165, 1.54) is 0 Å². The van der Waals surface area contributed by atoms with E-state index in [9.17, 15) is 19.2 Å². The molecule has 10 heteroatoms. The van der Waals surface area contributed by atoms with Gasteiger partial charge in [-0.1, -0.05) is 24.6 Å². The van der Waals surface area contributed by atoms with Gasteiger partial charge in [-0.25, -0.2) is 4.79 Å². The van der Waals surface area contributed by atoms with Crippen LogP contribution in [0.1, 0.15) is 54.7 Å². The lowest BCUT2D eigenvalue weighted by atomic mass is 9.92. The van der Waals surface area contributed by atoms with E-state index in [1.54, 1.807) is 0 Å². The van der Waals surface area contributed by atoms with Gasteiger partial charge in [0.2, 0.25) is 5.91 Å². The molecule has 2 heterocycles. The number of ketones is 2. The minimum absolute atomic E-state index is 0.0328. The highest BCUT2D eigenvalue weighted by Crippen LogP contribution is 2.33. The van der Waals surface area contributed by atoms with Crippen LogP contribution in [0.5, 0.6) is 0 Å². The van der Waals surface area contributed by atoms with Crippen LogP contribution in [0.3, 0.4) is 0 Å². The van der Waals surface area contributed by atoms with Crippen LogP contribution < -0.4 is 16.0 Å². The molecule has 2 aliphatic heterocycles. The van der Waals surface area contributed by atoms with Crippen molar-refractivity contribution < 1.29 is 19.2 Å². The molecule has 7 nitrogen and oxygen atoms in total. The van der Waals surface area contributed by atoms with Gasteiger partial charge in [0.15, 0.2) is 5.78 Å². The molecular weight excluding hydrogens is 478 g/mol. The summed E-state index contributed by atoms with van der Waals surface area (Å²) in [4.78, 5) is 49.5.